The highest BCUT2D eigenvalue weighted by molar-refractivity contribution is 6.31. The molecule has 1 aromatic rings. The molecule has 94 valence electrons. The first-order valence-electron chi connectivity index (χ1n) is 5.00. The van der Waals surface area contributed by atoms with Gasteiger partial charge in [-0.2, -0.15) is 0 Å². The molecule has 0 radical (unpaired) electrons. The summed E-state index contributed by atoms with van der Waals surface area (Å²) in [6.45, 7) is 0.0663. The average Bonchev–Trinajstić information content (AvgIpc) is 2.28. The second kappa shape index (κ2) is 6.39. The lowest BCUT2D eigenvalue weighted by molar-refractivity contribution is -0.384. The molecule has 0 atom stereocenters. The van der Waals surface area contributed by atoms with Crippen LogP contribution in [0.25, 0.3) is 0 Å². The van der Waals surface area contributed by atoms with Gasteiger partial charge in [0, 0.05) is 24.2 Å². The summed E-state index contributed by atoms with van der Waals surface area (Å²) in [5.41, 5.74) is 0.196. The molecule has 7 heteroatoms. The molecule has 0 saturated carbocycles. The standard InChI is InChI=1S/C10H13ClN2O4/c11-8-1-2-9(13(16)17)10(7-8)12(3-5-14)4-6-15/h1-2,7,14-15H,3-6H2. The van der Waals surface area contributed by atoms with E-state index in [-0.39, 0.29) is 32.0 Å². The summed E-state index contributed by atoms with van der Waals surface area (Å²) >= 11 is 5.79. The van der Waals surface area contributed by atoms with Crippen LogP contribution in [0.15, 0.2) is 18.2 Å². The number of nitro groups is 1. The number of aliphatic hydroxyl groups excluding tert-OH is 2. The first-order valence-corrected chi connectivity index (χ1v) is 5.38. The van der Waals surface area contributed by atoms with E-state index >= 15 is 0 Å². The van der Waals surface area contributed by atoms with Crippen molar-refractivity contribution in [3.8, 4) is 0 Å². The minimum Gasteiger partial charge on any atom is -0.395 e. The Labute approximate surface area is 103 Å². The molecule has 0 spiro atoms. The van der Waals surface area contributed by atoms with Crippen molar-refractivity contribution >= 4 is 23.0 Å². The number of benzene rings is 1. The van der Waals surface area contributed by atoms with Crippen molar-refractivity contribution in [2.24, 2.45) is 0 Å². The number of hydrogen-bond acceptors (Lipinski definition) is 5. The van der Waals surface area contributed by atoms with Gasteiger partial charge in [-0.1, -0.05) is 11.6 Å². The largest absolute Gasteiger partial charge is 0.395 e. The summed E-state index contributed by atoms with van der Waals surface area (Å²) in [5.74, 6) is 0. The number of halogens is 1. The Balaban J connectivity index is 3.14. The minimum atomic E-state index is -0.520. The van der Waals surface area contributed by atoms with Crippen LogP contribution in [-0.4, -0.2) is 41.4 Å². The Hall–Kier alpha value is -1.37. The molecule has 0 aliphatic rings. The maximum Gasteiger partial charge on any atom is 0.292 e. The zero-order valence-electron chi connectivity index (χ0n) is 9.04. The van der Waals surface area contributed by atoms with Crippen molar-refractivity contribution in [2.45, 2.75) is 0 Å². The van der Waals surface area contributed by atoms with E-state index in [2.05, 4.69) is 0 Å². The fraction of sp³-hybridized carbons (Fsp3) is 0.400. The lowest BCUT2D eigenvalue weighted by Gasteiger charge is -2.22. The van der Waals surface area contributed by atoms with Crippen molar-refractivity contribution in [1.29, 1.82) is 0 Å². The van der Waals surface area contributed by atoms with Crippen LogP contribution in [0, 0.1) is 10.1 Å². The van der Waals surface area contributed by atoms with Crippen molar-refractivity contribution in [2.75, 3.05) is 31.2 Å². The Morgan fingerprint density at radius 2 is 1.88 bits per heavy atom. The lowest BCUT2D eigenvalue weighted by Crippen LogP contribution is -2.30. The fourth-order valence-electron chi connectivity index (χ4n) is 1.50. The molecule has 6 nitrogen and oxygen atoms in total. The van der Waals surface area contributed by atoms with E-state index < -0.39 is 4.92 Å². The van der Waals surface area contributed by atoms with E-state index in [1.54, 1.807) is 0 Å². The zero-order chi connectivity index (χ0) is 12.8. The van der Waals surface area contributed by atoms with E-state index in [9.17, 15) is 10.1 Å². The summed E-state index contributed by atoms with van der Waals surface area (Å²) in [6, 6.07) is 4.18. The number of rotatable bonds is 6. The predicted octanol–water partition coefficient (Wildman–Crippen LogP) is 1.04. The first-order chi connectivity index (χ1) is 8.10. The van der Waals surface area contributed by atoms with Crippen LogP contribution in [0.1, 0.15) is 0 Å². The number of anilines is 1. The molecule has 0 aromatic heterocycles. The Morgan fingerprint density at radius 3 is 2.35 bits per heavy atom. The number of nitro benzene ring substituents is 1. The third-order valence-corrected chi connectivity index (χ3v) is 2.45. The smallest absolute Gasteiger partial charge is 0.292 e. The summed E-state index contributed by atoms with van der Waals surface area (Å²) in [6.07, 6.45) is 0. The second-order valence-electron chi connectivity index (χ2n) is 3.32. The number of hydrogen-bond donors (Lipinski definition) is 2. The van der Waals surface area contributed by atoms with Gasteiger partial charge in [-0.3, -0.25) is 10.1 Å². The molecular weight excluding hydrogens is 248 g/mol. The maximum absolute atomic E-state index is 10.9. The van der Waals surface area contributed by atoms with E-state index in [0.29, 0.717) is 10.7 Å². The molecule has 1 aromatic carbocycles. The molecule has 0 saturated heterocycles. The monoisotopic (exact) mass is 260 g/mol. The quantitative estimate of drug-likeness (QED) is 0.589. The summed E-state index contributed by atoms with van der Waals surface area (Å²) in [7, 11) is 0. The van der Waals surface area contributed by atoms with Crippen LogP contribution >= 0.6 is 11.6 Å². The van der Waals surface area contributed by atoms with Crippen molar-refractivity contribution in [3.05, 3.63) is 33.3 Å². The highest BCUT2D eigenvalue weighted by Crippen LogP contribution is 2.30. The first kappa shape index (κ1) is 13.7. The van der Waals surface area contributed by atoms with Gasteiger partial charge in [-0.25, -0.2) is 0 Å². The summed E-state index contributed by atoms with van der Waals surface area (Å²) in [4.78, 5) is 11.9. The van der Waals surface area contributed by atoms with Gasteiger partial charge in [-0.15, -0.1) is 0 Å². The number of nitrogens with zero attached hydrogens (tertiary/aromatic N) is 2. The summed E-state index contributed by atoms with van der Waals surface area (Å²) < 4.78 is 0. The Morgan fingerprint density at radius 1 is 1.29 bits per heavy atom. The van der Waals surface area contributed by atoms with Gasteiger partial charge in [-0.05, 0) is 12.1 Å². The maximum atomic E-state index is 10.9. The molecule has 0 bridgehead atoms. The highest BCUT2D eigenvalue weighted by Gasteiger charge is 2.19. The van der Waals surface area contributed by atoms with Crippen molar-refractivity contribution < 1.29 is 15.1 Å². The predicted molar refractivity (Wildman–Crippen MR) is 64.5 cm³/mol. The van der Waals surface area contributed by atoms with Gasteiger partial charge < -0.3 is 15.1 Å². The molecule has 0 amide bonds. The second-order valence-corrected chi connectivity index (χ2v) is 3.76. The molecule has 0 heterocycles. The van der Waals surface area contributed by atoms with Crippen LogP contribution in [0.5, 0.6) is 0 Å². The van der Waals surface area contributed by atoms with Crippen LogP contribution < -0.4 is 4.90 Å². The molecule has 0 fully saturated rings. The molecule has 0 aliphatic heterocycles. The molecule has 1 rings (SSSR count). The molecule has 17 heavy (non-hydrogen) atoms. The zero-order valence-corrected chi connectivity index (χ0v) is 9.80. The Bertz CT molecular complexity index is 394. The Kier molecular flexibility index (Phi) is 5.14. The topological polar surface area (TPSA) is 86.8 Å². The van der Waals surface area contributed by atoms with Crippen LogP contribution in [0.3, 0.4) is 0 Å². The van der Waals surface area contributed by atoms with E-state index in [4.69, 9.17) is 21.8 Å². The van der Waals surface area contributed by atoms with E-state index in [0.717, 1.165) is 0 Å². The van der Waals surface area contributed by atoms with Crippen molar-refractivity contribution in [3.63, 3.8) is 0 Å². The average molecular weight is 261 g/mol. The molecule has 2 N–H and O–H groups in total. The van der Waals surface area contributed by atoms with Gasteiger partial charge in [0.05, 0.1) is 18.1 Å². The fourth-order valence-corrected chi connectivity index (χ4v) is 1.66. The molecular formula is C10H13ClN2O4. The SMILES string of the molecule is O=[N+]([O-])c1ccc(Cl)cc1N(CCO)CCO. The minimum absolute atomic E-state index is 0.101. The number of aliphatic hydroxyl groups is 2. The third-order valence-electron chi connectivity index (χ3n) is 2.21. The molecule has 0 aliphatic carbocycles. The van der Waals surface area contributed by atoms with Crippen molar-refractivity contribution in [1.82, 2.24) is 0 Å². The third kappa shape index (κ3) is 3.55. The highest BCUT2D eigenvalue weighted by atomic mass is 35.5. The lowest BCUT2D eigenvalue weighted by atomic mass is 10.2. The van der Waals surface area contributed by atoms with Crippen LogP contribution in [0.2, 0.25) is 5.02 Å². The summed E-state index contributed by atoms with van der Waals surface area (Å²) in [5, 5.41) is 29.0. The van der Waals surface area contributed by atoms with E-state index in [1.807, 2.05) is 0 Å². The van der Waals surface area contributed by atoms with Gasteiger partial charge in [0.15, 0.2) is 0 Å². The van der Waals surface area contributed by atoms with E-state index in [1.165, 1.54) is 23.1 Å². The van der Waals surface area contributed by atoms with Gasteiger partial charge in [0.25, 0.3) is 5.69 Å². The van der Waals surface area contributed by atoms with Crippen LogP contribution in [-0.2, 0) is 0 Å². The van der Waals surface area contributed by atoms with Gasteiger partial charge in [0.1, 0.15) is 5.69 Å². The molecule has 0 unspecified atom stereocenters. The normalized spacial score (nSPS) is 10.3. The van der Waals surface area contributed by atoms with Gasteiger partial charge in [0.2, 0.25) is 0 Å². The van der Waals surface area contributed by atoms with Crippen LogP contribution in [0.4, 0.5) is 11.4 Å². The van der Waals surface area contributed by atoms with Gasteiger partial charge >= 0.3 is 0 Å².